The van der Waals surface area contributed by atoms with Gasteiger partial charge in [-0.25, -0.2) is 24.7 Å². The number of carbonyl (C=O) groups excluding carboxylic acids is 1. The van der Waals surface area contributed by atoms with Crippen LogP contribution in [-0.2, 0) is 16.1 Å². The summed E-state index contributed by atoms with van der Waals surface area (Å²) in [5.41, 5.74) is 3.27. The maximum absolute atomic E-state index is 11.7. The first-order chi connectivity index (χ1) is 16.8. The SMILES string of the molecule is CCNc1nc(SC)nc(C)c1/C=C/C(=O)OCC.CCn1c(=O)ccc2c(C)nc(SC)nc21. The number of pyridine rings is 1. The number of aryl methyl sites for hydroxylation is 3. The standard InChI is InChI=1S/C13H19N3O2S.C11H13N3OS/c1-5-14-12-10(7-8-11(17)18-6-2)9(3)15-13(16-12)19-4;1-4-14-9(15)6-5-8-7(2)12-11(16-3)13-10(8)14/h7-8H,5-6H2,1-4H3,(H,14,15,16);5-6H,4H2,1-3H3/b8-7+;. The molecule has 0 saturated heterocycles. The maximum atomic E-state index is 11.7. The Morgan fingerprint density at radius 1 is 1.03 bits per heavy atom. The molecular formula is C24H32N6O3S2. The van der Waals surface area contributed by atoms with Crippen LogP contribution in [0, 0.1) is 13.8 Å². The Hall–Kier alpha value is -2.92. The molecule has 0 saturated carbocycles. The molecule has 0 aliphatic heterocycles. The minimum Gasteiger partial charge on any atom is -0.463 e. The van der Waals surface area contributed by atoms with E-state index in [0.29, 0.717) is 23.5 Å². The third kappa shape index (κ3) is 7.53. The molecular weight excluding hydrogens is 484 g/mol. The number of fused-ring (bicyclic) bond motifs is 1. The van der Waals surface area contributed by atoms with Crippen molar-refractivity contribution in [3.63, 3.8) is 0 Å². The highest BCUT2D eigenvalue weighted by Crippen LogP contribution is 2.22. The van der Waals surface area contributed by atoms with Crippen LogP contribution in [0.5, 0.6) is 0 Å². The Labute approximate surface area is 214 Å². The zero-order valence-corrected chi connectivity index (χ0v) is 22.8. The summed E-state index contributed by atoms with van der Waals surface area (Å²) in [6.45, 7) is 11.3. The molecule has 0 aliphatic rings. The topological polar surface area (TPSA) is 112 Å². The Bertz CT molecular complexity index is 1260. The number of carbonyl (C=O) groups is 1. The van der Waals surface area contributed by atoms with Crippen LogP contribution >= 0.6 is 23.5 Å². The summed E-state index contributed by atoms with van der Waals surface area (Å²) < 4.78 is 6.53. The van der Waals surface area contributed by atoms with Gasteiger partial charge < -0.3 is 10.1 Å². The van der Waals surface area contributed by atoms with E-state index in [0.717, 1.165) is 40.3 Å². The van der Waals surface area contributed by atoms with Gasteiger partial charge in [0.1, 0.15) is 11.5 Å². The smallest absolute Gasteiger partial charge is 0.330 e. The minimum atomic E-state index is -0.363. The number of anilines is 1. The molecule has 0 radical (unpaired) electrons. The summed E-state index contributed by atoms with van der Waals surface area (Å²) in [6.07, 6.45) is 6.95. The maximum Gasteiger partial charge on any atom is 0.330 e. The molecule has 3 aromatic rings. The number of nitrogens with one attached hydrogen (secondary N) is 1. The minimum absolute atomic E-state index is 0.0137. The Morgan fingerprint density at radius 3 is 2.29 bits per heavy atom. The second kappa shape index (κ2) is 13.8. The predicted molar refractivity (Wildman–Crippen MR) is 144 cm³/mol. The molecule has 0 spiro atoms. The van der Waals surface area contributed by atoms with E-state index >= 15 is 0 Å². The van der Waals surface area contributed by atoms with Gasteiger partial charge in [-0.3, -0.25) is 9.36 Å². The monoisotopic (exact) mass is 516 g/mol. The fourth-order valence-corrected chi connectivity index (χ4v) is 4.00. The van der Waals surface area contributed by atoms with Crippen molar-refractivity contribution in [1.29, 1.82) is 0 Å². The van der Waals surface area contributed by atoms with Crippen molar-refractivity contribution in [2.75, 3.05) is 31.0 Å². The summed E-state index contributed by atoms with van der Waals surface area (Å²) in [4.78, 5) is 40.5. The average molecular weight is 517 g/mol. The molecule has 188 valence electrons. The normalized spacial score (nSPS) is 10.8. The van der Waals surface area contributed by atoms with Gasteiger partial charge in [-0.05, 0) is 59.3 Å². The molecule has 0 atom stereocenters. The van der Waals surface area contributed by atoms with Gasteiger partial charge in [0, 0.05) is 36.2 Å². The highest BCUT2D eigenvalue weighted by atomic mass is 32.2. The summed E-state index contributed by atoms with van der Waals surface area (Å²) >= 11 is 2.97. The van der Waals surface area contributed by atoms with E-state index in [4.69, 9.17) is 4.74 Å². The van der Waals surface area contributed by atoms with Crippen LogP contribution in [-0.4, -0.2) is 56.1 Å². The number of aromatic nitrogens is 5. The molecule has 3 heterocycles. The number of esters is 1. The molecule has 0 aromatic carbocycles. The number of hydrogen-bond donors (Lipinski definition) is 1. The van der Waals surface area contributed by atoms with Crippen molar-refractivity contribution in [3.05, 3.63) is 45.5 Å². The predicted octanol–water partition coefficient (Wildman–Crippen LogP) is 4.36. The quantitative estimate of drug-likeness (QED) is 0.201. The van der Waals surface area contributed by atoms with Gasteiger partial charge in [0.25, 0.3) is 5.56 Å². The van der Waals surface area contributed by atoms with E-state index in [-0.39, 0.29) is 11.5 Å². The van der Waals surface area contributed by atoms with Crippen molar-refractivity contribution in [3.8, 4) is 0 Å². The molecule has 0 fully saturated rings. The second-order valence-electron chi connectivity index (χ2n) is 7.12. The van der Waals surface area contributed by atoms with Gasteiger partial charge in [-0.2, -0.15) is 0 Å². The summed E-state index contributed by atoms with van der Waals surface area (Å²) in [5.74, 6) is 0.373. The van der Waals surface area contributed by atoms with Crippen molar-refractivity contribution >= 4 is 52.4 Å². The summed E-state index contributed by atoms with van der Waals surface area (Å²) in [7, 11) is 0. The van der Waals surface area contributed by atoms with Gasteiger partial charge in [0.15, 0.2) is 10.3 Å². The van der Waals surface area contributed by atoms with Crippen LogP contribution in [0.25, 0.3) is 17.1 Å². The largest absolute Gasteiger partial charge is 0.463 e. The molecule has 0 unspecified atom stereocenters. The Morgan fingerprint density at radius 2 is 1.69 bits per heavy atom. The summed E-state index contributed by atoms with van der Waals surface area (Å²) in [6, 6.07) is 3.37. The number of nitrogens with zero attached hydrogens (tertiary/aromatic N) is 5. The zero-order valence-electron chi connectivity index (χ0n) is 21.2. The van der Waals surface area contributed by atoms with Gasteiger partial charge >= 0.3 is 5.97 Å². The lowest BCUT2D eigenvalue weighted by atomic mass is 10.2. The van der Waals surface area contributed by atoms with E-state index in [1.807, 2.05) is 40.2 Å². The summed E-state index contributed by atoms with van der Waals surface area (Å²) in [5, 5.41) is 5.54. The van der Waals surface area contributed by atoms with Crippen LogP contribution in [0.1, 0.15) is 37.7 Å². The third-order valence-electron chi connectivity index (χ3n) is 4.82. The fourth-order valence-electron chi connectivity index (χ4n) is 3.18. The Kier molecular flexibility index (Phi) is 11.2. The lowest BCUT2D eigenvalue weighted by molar-refractivity contribution is -0.137. The molecule has 0 bridgehead atoms. The molecule has 9 nitrogen and oxygen atoms in total. The zero-order chi connectivity index (χ0) is 26.0. The second-order valence-corrected chi connectivity index (χ2v) is 8.67. The lowest BCUT2D eigenvalue weighted by Crippen LogP contribution is -2.19. The van der Waals surface area contributed by atoms with Crippen molar-refractivity contribution < 1.29 is 9.53 Å². The molecule has 11 heteroatoms. The molecule has 3 aromatic heterocycles. The third-order valence-corrected chi connectivity index (χ3v) is 5.92. The highest BCUT2D eigenvalue weighted by molar-refractivity contribution is 7.98. The van der Waals surface area contributed by atoms with E-state index in [2.05, 4.69) is 25.3 Å². The number of hydrogen-bond acceptors (Lipinski definition) is 10. The van der Waals surface area contributed by atoms with Crippen LogP contribution in [0.3, 0.4) is 0 Å². The first-order valence-corrected chi connectivity index (χ1v) is 13.7. The first kappa shape index (κ1) is 28.3. The number of thioether (sulfide) groups is 2. The van der Waals surface area contributed by atoms with E-state index in [1.165, 1.54) is 29.6 Å². The van der Waals surface area contributed by atoms with Crippen LogP contribution < -0.4 is 10.9 Å². The van der Waals surface area contributed by atoms with Gasteiger partial charge in [0.2, 0.25) is 0 Å². The molecule has 0 aliphatic carbocycles. The molecule has 35 heavy (non-hydrogen) atoms. The highest BCUT2D eigenvalue weighted by Gasteiger charge is 2.10. The van der Waals surface area contributed by atoms with Crippen molar-refractivity contribution in [1.82, 2.24) is 24.5 Å². The van der Waals surface area contributed by atoms with Crippen LogP contribution in [0.2, 0.25) is 0 Å². The van der Waals surface area contributed by atoms with Gasteiger partial charge in [-0.1, -0.05) is 23.5 Å². The van der Waals surface area contributed by atoms with E-state index in [1.54, 1.807) is 29.7 Å². The first-order valence-electron chi connectivity index (χ1n) is 11.2. The number of ether oxygens (including phenoxy) is 1. The van der Waals surface area contributed by atoms with Gasteiger partial charge in [-0.15, -0.1) is 0 Å². The van der Waals surface area contributed by atoms with E-state index in [9.17, 15) is 9.59 Å². The fraction of sp³-hybridized carbons (Fsp3) is 0.417. The van der Waals surface area contributed by atoms with Crippen LogP contribution in [0.4, 0.5) is 5.82 Å². The van der Waals surface area contributed by atoms with E-state index < -0.39 is 0 Å². The molecule has 0 amide bonds. The van der Waals surface area contributed by atoms with Gasteiger partial charge in [0.05, 0.1) is 18.0 Å². The van der Waals surface area contributed by atoms with Crippen molar-refractivity contribution in [2.45, 2.75) is 51.5 Å². The van der Waals surface area contributed by atoms with Crippen LogP contribution in [0.15, 0.2) is 33.3 Å². The number of rotatable bonds is 8. The Balaban J connectivity index is 0.000000250. The lowest BCUT2D eigenvalue weighted by Gasteiger charge is -2.10. The van der Waals surface area contributed by atoms with Crippen molar-refractivity contribution in [2.24, 2.45) is 0 Å². The average Bonchev–Trinajstić information content (AvgIpc) is 2.83. The molecule has 3 rings (SSSR count). The molecule has 1 N–H and O–H groups in total.